The predicted octanol–water partition coefficient (Wildman–Crippen LogP) is 7.05. The first kappa shape index (κ1) is 58.0. The van der Waals surface area contributed by atoms with Crippen molar-refractivity contribution in [3.05, 3.63) is 106 Å². The number of nitrogens with zero attached hydrogens (tertiary/aromatic N) is 4. The molecule has 0 spiro atoms. The number of rotatable bonds is 27. The summed E-state index contributed by atoms with van der Waals surface area (Å²) in [6.45, 7) is 9.38. The van der Waals surface area contributed by atoms with Gasteiger partial charge in [-0.1, -0.05) is 68.8 Å². The first-order valence-electron chi connectivity index (χ1n) is 25.5. The monoisotopic (exact) mass is 1110 g/mol. The highest BCUT2D eigenvalue weighted by Gasteiger charge is 2.45. The van der Waals surface area contributed by atoms with Crippen molar-refractivity contribution in [1.29, 1.82) is 0 Å². The van der Waals surface area contributed by atoms with E-state index in [4.69, 9.17) is 40.3 Å². The molecule has 22 heteroatoms. The first-order valence-corrected chi connectivity index (χ1v) is 27.6. The van der Waals surface area contributed by atoms with Gasteiger partial charge >= 0.3 is 0 Å². The molecule has 0 unspecified atom stereocenters. The number of amides is 4. The van der Waals surface area contributed by atoms with E-state index in [1.807, 2.05) is 75.5 Å². The molecule has 1 saturated carbocycles. The van der Waals surface area contributed by atoms with Gasteiger partial charge < -0.3 is 55.0 Å². The Balaban J connectivity index is 0.759. The summed E-state index contributed by atoms with van der Waals surface area (Å²) >= 11 is 9.02. The Morgan fingerprint density at radius 3 is 2.26 bits per heavy atom. The average Bonchev–Trinajstić information content (AvgIpc) is 4.18. The van der Waals surface area contributed by atoms with Gasteiger partial charge in [0.2, 0.25) is 23.6 Å². The summed E-state index contributed by atoms with van der Waals surface area (Å²) in [6.07, 6.45) is 3.08. The Kier molecular flexibility index (Phi) is 21.5. The quantitative estimate of drug-likeness (QED) is 0.0333. The zero-order chi connectivity index (χ0) is 54.1. The highest BCUT2D eigenvalue weighted by molar-refractivity contribution is 7.13. The van der Waals surface area contributed by atoms with E-state index >= 15 is 0 Å². The summed E-state index contributed by atoms with van der Waals surface area (Å²) in [6, 6.07) is 16.3. The number of aryl methyl sites for hydroxylation is 1. The number of aliphatic hydroxyl groups is 1. The minimum Gasteiger partial charge on any atom is -0.487 e. The van der Waals surface area contributed by atoms with Crippen LogP contribution in [0.3, 0.4) is 0 Å². The van der Waals surface area contributed by atoms with E-state index in [1.54, 1.807) is 35.2 Å². The molecule has 4 amide bonds. The van der Waals surface area contributed by atoms with E-state index in [2.05, 4.69) is 31.2 Å². The number of aromatic nitrogens is 3. The fourth-order valence-corrected chi connectivity index (χ4v) is 10.6. The number of carbonyl (C=O) groups excluding carboxylic acids is 4. The van der Waals surface area contributed by atoms with Crippen LogP contribution in [-0.4, -0.2) is 139 Å². The Bertz CT molecular complexity index is 2670. The highest BCUT2D eigenvalue weighted by atomic mass is 35.5. The van der Waals surface area contributed by atoms with Gasteiger partial charge in [-0.2, -0.15) is 0 Å². The molecule has 2 aliphatic rings. The van der Waals surface area contributed by atoms with Crippen molar-refractivity contribution in [3.8, 4) is 16.2 Å². The van der Waals surface area contributed by atoms with Crippen molar-refractivity contribution in [2.75, 3.05) is 71.3 Å². The van der Waals surface area contributed by atoms with Crippen LogP contribution >= 0.6 is 34.3 Å². The number of benzene rings is 2. The molecule has 2 aromatic carbocycles. The largest absolute Gasteiger partial charge is 0.487 e. The van der Waals surface area contributed by atoms with Gasteiger partial charge in [-0.15, -0.1) is 22.7 Å². The average molecular weight is 1110 g/mol. The molecule has 1 aliphatic heterocycles. The lowest BCUT2D eigenvalue weighted by Gasteiger charge is -2.39. The second-order valence-electron chi connectivity index (χ2n) is 19.9. The standard InChI is InChI=1S/C54H68ClFN8O10S2/c1-35-47(76-34-60-35)37-13-11-36(12-14-37)31-59-49(67)42-29-39(65)32-64(42)50(68)48(53(2,3)4)63-45(66)33-73-27-26-72-25-24-71-23-22-70-21-19-57-51(69)54(30-38-7-5-10-44(61-38)62-52-58-20-28-75-52)17-15-40(16-18-54)74-43-9-6-8-41(55)46(43)56/h5-14,20,28,34,39-40,42,48,65H,15-19,21-27,29-33H2,1-4H3,(H,57,69)(H,59,67)(H,63,66)(H,58,61,62)/t39-,40-,42+,48-,54-/m1/s1. The lowest BCUT2D eigenvalue weighted by Crippen LogP contribution is -2.58. The molecule has 5 aromatic rings. The number of hydrogen-bond acceptors (Lipinski definition) is 16. The van der Waals surface area contributed by atoms with Gasteiger partial charge in [0.1, 0.15) is 24.5 Å². The number of likely N-dealkylation sites (tertiary alicyclic amines) is 1. The summed E-state index contributed by atoms with van der Waals surface area (Å²) in [5, 5.41) is 25.1. The van der Waals surface area contributed by atoms with Gasteiger partial charge in [0, 0.05) is 49.7 Å². The fraction of sp³-hybridized carbons (Fsp3) is 0.500. The molecular weight excluding hydrogens is 1040 g/mol. The number of β-amino-alcohol motifs (C(OH)–C–C–N with tert-alkyl or cyclic N) is 1. The van der Waals surface area contributed by atoms with Crippen LogP contribution in [0.1, 0.15) is 69.8 Å². The number of ether oxygens (including phenoxy) is 5. The lowest BCUT2D eigenvalue weighted by molar-refractivity contribution is -0.144. The number of thiazole rings is 2. The number of carbonyl (C=O) groups is 4. The molecule has 18 nitrogen and oxygen atoms in total. The predicted molar refractivity (Wildman–Crippen MR) is 288 cm³/mol. The van der Waals surface area contributed by atoms with E-state index in [0.717, 1.165) is 27.4 Å². The Hall–Kier alpha value is -5.65. The zero-order valence-electron chi connectivity index (χ0n) is 43.3. The third kappa shape index (κ3) is 16.7. The maximum Gasteiger partial charge on any atom is 0.246 e. The topological polar surface area (TPSA) is 225 Å². The number of anilines is 2. The molecule has 3 atom stereocenters. The molecule has 0 bridgehead atoms. The molecule has 4 heterocycles. The molecule has 0 radical (unpaired) electrons. The van der Waals surface area contributed by atoms with Gasteiger partial charge in [0.05, 0.1) is 85.0 Å². The van der Waals surface area contributed by atoms with Gasteiger partial charge in [-0.05, 0) is 73.4 Å². The van der Waals surface area contributed by atoms with Gasteiger partial charge in [0.15, 0.2) is 16.7 Å². The van der Waals surface area contributed by atoms with E-state index in [0.29, 0.717) is 62.9 Å². The van der Waals surface area contributed by atoms with Crippen LogP contribution in [0.2, 0.25) is 5.02 Å². The van der Waals surface area contributed by atoms with Crippen LogP contribution in [0, 0.1) is 23.6 Å². The first-order chi connectivity index (χ1) is 36.6. The van der Waals surface area contributed by atoms with Crippen molar-refractivity contribution >= 4 is 68.9 Å². The van der Waals surface area contributed by atoms with Crippen molar-refractivity contribution < 1.29 is 52.4 Å². The van der Waals surface area contributed by atoms with Gasteiger partial charge in [-0.3, -0.25) is 19.2 Å². The number of aliphatic hydroxyl groups excluding tert-OH is 1. The van der Waals surface area contributed by atoms with Crippen LogP contribution in [0.5, 0.6) is 5.75 Å². The molecule has 5 N–H and O–H groups in total. The summed E-state index contributed by atoms with van der Waals surface area (Å²) < 4.78 is 43.2. The second kappa shape index (κ2) is 28.1. The summed E-state index contributed by atoms with van der Waals surface area (Å²) in [5.41, 5.74) is 3.94. The van der Waals surface area contributed by atoms with Crippen LogP contribution < -0.4 is 26.0 Å². The SMILES string of the molecule is Cc1ncsc1-c1ccc(CNC(=O)[C@@H]2C[C@@H](O)CN2C(=O)[C@@H](NC(=O)COCCOCCOCCOCCNC(=O)[C@]2(Cc3cccc(Nc4nccs4)n3)CC[C@@H](Oc3cccc(Cl)c3F)CC2)C(C)(C)C)cc1. The molecule has 7 rings (SSSR count). The van der Waals surface area contributed by atoms with Crippen LogP contribution in [0.4, 0.5) is 15.3 Å². The summed E-state index contributed by atoms with van der Waals surface area (Å²) in [5.74, 6) is -1.34. The maximum atomic E-state index is 14.7. The smallest absolute Gasteiger partial charge is 0.246 e. The van der Waals surface area contributed by atoms with E-state index in [9.17, 15) is 28.7 Å². The van der Waals surface area contributed by atoms with Gasteiger partial charge in [-0.25, -0.2) is 19.3 Å². The molecule has 3 aromatic heterocycles. The molecule has 1 saturated heterocycles. The minimum absolute atomic E-state index is 0.00992. The Labute approximate surface area is 455 Å². The number of nitrogens with one attached hydrogen (secondary N) is 4. The molecular formula is C54H68ClFN8O10S2. The fourth-order valence-electron chi connectivity index (χ4n) is 9.12. The van der Waals surface area contributed by atoms with Crippen LogP contribution in [-0.2, 0) is 51.1 Å². The number of pyridine rings is 1. The molecule has 410 valence electrons. The van der Waals surface area contributed by atoms with Crippen molar-refractivity contribution in [2.24, 2.45) is 10.8 Å². The van der Waals surface area contributed by atoms with Crippen LogP contribution in [0.25, 0.3) is 10.4 Å². The van der Waals surface area contributed by atoms with Crippen LogP contribution in [0.15, 0.2) is 77.8 Å². The third-order valence-corrected chi connectivity index (χ3v) is 15.1. The van der Waals surface area contributed by atoms with E-state index < -0.39 is 46.6 Å². The summed E-state index contributed by atoms with van der Waals surface area (Å²) in [4.78, 5) is 70.3. The zero-order valence-corrected chi connectivity index (χ0v) is 45.7. The normalized spacial score (nSPS) is 19.0. The van der Waals surface area contributed by atoms with E-state index in [1.165, 1.54) is 22.3 Å². The molecule has 1 aliphatic carbocycles. The number of hydrogen-bond donors (Lipinski definition) is 5. The van der Waals surface area contributed by atoms with Crippen molar-refractivity contribution in [3.63, 3.8) is 0 Å². The third-order valence-electron chi connectivity index (χ3n) is 13.2. The molecule has 2 fully saturated rings. The Morgan fingerprint density at radius 2 is 1.59 bits per heavy atom. The Morgan fingerprint density at radius 1 is 0.895 bits per heavy atom. The second-order valence-corrected chi connectivity index (χ2v) is 22.0. The molecule has 76 heavy (non-hydrogen) atoms. The van der Waals surface area contributed by atoms with Gasteiger partial charge in [0.25, 0.3) is 0 Å². The van der Waals surface area contributed by atoms with Crippen molar-refractivity contribution in [2.45, 2.75) is 97.1 Å². The van der Waals surface area contributed by atoms with Crippen molar-refractivity contribution in [1.82, 2.24) is 35.8 Å². The lowest BCUT2D eigenvalue weighted by atomic mass is 9.69. The van der Waals surface area contributed by atoms with E-state index in [-0.39, 0.29) is 87.8 Å². The summed E-state index contributed by atoms with van der Waals surface area (Å²) in [7, 11) is 0. The highest BCUT2D eigenvalue weighted by Crippen LogP contribution is 2.41. The number of halogens is 2. The maximum absolute atomic E-state index is 14.7. The minimum atomic E-state index is -0.988.